The molecule has 7 heteroatoms. The van der Waals surface area contributed by atoms with Crippen LogP contribution < -0.4 is 15.2 Å². The topological polar surface area (TPSA) is 96.3 Å². The van der Waals surface area contributed by atoms with Crippen LogP contribution in [0.5, 0.6) is 17.4 Å². The molecular weight excluding hydrogens is 428 g/mol. The predicted molar refractivity (Wildman–Crippen MR) is 129 cm³/mol. The predicted octanol–water partition coefficient (Wildman–Crippen LogP) is 5.43. The van der Waals surface area contributed by atoms with Crippen molar-refractivity contribution in [2.75, 3.05) is 0 Å². The van der Waals surface area contributed by atoms with E-state index in [2.05, 4.69) is 53.3 Å². The van der Waals surface area contributed by atoms with Crippen LogP contribution in [-0.4, -0.2) is 27.3 Å². The molecule has 0 unspecified atom stereocenters. The lowest BCUT2D eigenvalue weighted by Gasteiger charge is -2.33. The molecule has 1 fully saturated rings. The summed E-state index contributed by atoms with van der Waals surface area (Å²) in [4.78, 5) is 4.48. The molecule has 2 aromatic heterocycles. The van der Waals surface area contributed by atoms with Crippen LogP contribution in [-0.2, 0) is 5.41 Å². The van der Waals surface area contributed by atoms with Crippen LogP contribution in [0.15, 0.2) is 71.1 Å². The number of aromatic nitrogens is 3. The molecular formula is C27H28N4O3. The number of nitrogens with two attached hydrogens (primary N) is 1. The Labute approximate surface area is 199 Å². The van der Waals surface area contributed by atoms with Crippen molar-refractivity contribution < 1.29 is 13.9 Å². The van der Waals surface area contributed by atoms with Crippen molar-refractivity contribution in [3.63, 3.8) is 0 Å². The Bertz CT molecular complexity index is 1260. The van der Waals surface area contributed by atoms with Gasteiger partial charge >= 0.3 is 0 Å². The van der Waals surface area contributed by atoms with Gasteiger partial charge in [0, 0.05) is 24.4 Å². The fourth-order valence-electron chi connectivity index (χ4n) is 4.06. The molecule has 5 rings (SSSR count). The maximum atomic E-state index is 5.99. The first-order valence-corrected chi connectivity index (χ1v) is 11.5. The third kappa shape index (κ3) is 4.65. The summed E-state index contributed by atoms with van der Waals surface area (Å²) in [5, 5.41) is 7.87. The molecule has 0 atom stereocenters. The van der Waals surface area contributed by atoms with Crippen LogP contribution in [0.4, 0.5) is 0 Å². The fourth-order valence-corrected chi connectivity index (χ4v) is 4.06. The van der Waals surface area contributed by atoms with E-state index < -0.39 is 0 Å². The summed E-state index contributed by atoms with van der Waals surface area (Å²) in [6.45, 7) is 6.16. The molecule has 34 heavy (non-hydrogen) atoms. The molecule has 0 spiro atoms. The Hall–Kier alpha value is -3.71. The number of rotatable bonds is 7. The van der Waals surface area contributed by atoms with E-state index in [0.717, 1.165) is 18.6 Å². The lowest BCUT2D eigenvalue weighted by atomic mass is 9.78. The Morgan fingerprint density at radius 1 is 0.882 bits per heavy atom. The largest absolute Gasteiger partial charge is 0.490 e. The number of aryl methyl sites for hydroxylation is 1. The summed E-state index contributed by atoms with van der Waals surface area (Å²) in [6, 6.07) is 22.2. The molecule has 0 bridgehead atoms. The molecule has 0 amide bonds. The van der Waals surface area contributed by atoms with Crippen molar-refractivity contribution in [3.05, 3.63) is 83.7 Å². The van der Waals surface area contributed by atoms with Gasteiger partial charge in [0.05, 0.1) is 0 Å². The fraction of sp³-hybridized carbons (Fsp3) is 0.296. The highest BCUT2D eigenvalue weighted by Crippen LogP contribution is 2.34. The van der Waals surface area contributed by atoms with Crippen LogP contribution in [0.1, 0.15) is 43.7 Å². The second-order valence-electron chi connectivity index (χ2n) is 9.23. The lowest BCUT2D eigenvalue weighted by molar-refractivity contribution is 0.101. The summed E-state index contributed by atoms with van der Waals surface area (Å²) in [5.74, 6) is 2.92. The monoisotopic (exact) mass is 456 g/mol. The van der Waals surface area contributed by atoms with Gasteiger partial charge in [-0.25, -0.2) is 4.98 Å². The first kappa shape index (κ1) is 22.1. The third-order valence-electron chi connectivity index (χ3n) is 6.28. The molecule has 0 saturated heterocycles. The van der Waals surface area contributed by atoms with E-state index in [1.807, 2.05) is 36.4 Å². The van der Waals surface area contributed by atoms with E-state index in [-0.39, 0.29) is 17.6 Å². The molecule has 1 saturated carbocycles. The highest BCUT2D eigenvalue weighted by molar-refractivity contribution is 5.48. The van der Waals surface area contributed by atoms with E-state index in [0.29, 0.717) is 29.1 Å². The molecule has 174 valence electrons. The number of nitrogens with zero attached hydrogens (tertiary/aromatic N) is 3. The van der Waals surface area contributed by atoms with Crippen LogP contribution in [0, 0.1) is 6.92 Å². The number of hydrogen-bond acceptors (Lipinski definition) is 7. The van der Waals surface area contributed by atoms with Crippen LogP contribution in [0.2, 0.25) is 0 Å². The van der Waals surface area contributed by atoms with Crippen LogP contribution in [0.25, 0.3) is 11.6 Å². The van der Waals surface area contributed by atoms with Gasteiger partial charge in [0.15, 0.2) is 0 Å². The minimum atomic E-state index is -0.177. The molecule has 0 aliphatic heterocycles. The Balaban J connectivity index is 1.27. The van der Waals surface area contributed by atoms with Crippen LogP contribution >= 0.6 is 0 Å². The standard InChI is InChI=1S/C27H28N4O3/c1-17-30-31-26(32-17)24-5-4-6-25(29-24)34-22-13-9-19(10-14-22)27(2,3)18-7-11-21(12-8-18)33-23-15-20(28)16-23/h4-14,20,23H,15-16,28H2,1-3H3. The molecule has 1 aliphatic carbocycles. The Morgan fingerprint density at radius 2 is 1.53 bits per heavy atom. The van der Waals surface area contributed by atoms with Crippen molar-refractivity contribution in [1.82, 2.24) is 15.2 Å². The molecule has 2 aromatic carbocycles. The first-order valence-electron chi connectivity index (χ1n) is 11.5. The van der Waals surface area contributed by atoms with E-state index in [1.165, 1.54) is 11.1 Å². The second kappa shape index (κ2) is 8.91. The van der Waals surface area contributed by atoms with E-state index in [9.17, 15) is 0 Å². The van der Waals surface area contributed by atoms with Crippen LogP contribution in [0.3, 0.4) is 0 Å². The molecule has 2 N–H and O–H groups in total. The summed E-state index contributed by atoms with van der Waals surface area (Å²) in [7, 11) is 0. The molecule has 0 radical (unpaired) electrons. The summed E-state index contributed by atoms with van der Waals surface area (Å²) in [6.07, 6.45) is 2.10. The van der Waals surface area contributed by atoms with Crippen molar-refractivity contribution >= 4 is 0 Å². The average molecular weight is 457 g/mol. The molecule has 1 aliphatic rings. The first-order chi connectivity index (χ1) is 16.4. The number of ether oxygens (including phenoxy) is 2. The Kier molecular flexibility index (Phi) is 5.79. The zero-order chi connectivity index (χ0) is 23.7. The molecule has 2 heterocycles. The van der Waals surface area contributed by atoms with E-state index in [1.54, 1.807) is 13.0 Å². The lowest BCUT2D eigenvalue weighted by Crippen LogP contribution is -2.43. The van der Waals surface area contributed by atoms with Gasteiger partial charge in [-0.1, -0.05) is 44.2 Å². The van der Waals surface area contributed by atoms with E-state index in [4.69, 9.17) is 19.6 Å². The van der Waals surface area contributed by atoms with Gasteiger partial charge in [0.2, 0.25) is 11.8 Å². The SMILES string of the molecule is Cc1nnc(-c2cccc(Oc3ccc(C(C)(C)c4ccc(OC5CC(N)C5)cc4)cc3)n2)o1. The number of benzene rings is 2. The van der Waals surface area contributed by atoms with Crippen molar-refractivity contribution in [3.8, 4) is 29.0 Å². The zero-order valence-electron chi connectivity index (χ0n) is 19.6. The number of hydrogen-bond donors (Lipinski definition) is 1. The van der Waals surface area contributed by atoms with Gasteiger partial charge in [-0.2, -0.15) is 0 Å². The van der Waals surface area contributed by atoms with Crippen molar-refractivity contribution in [1.29, 1.82) is 0 Å². The van der Waals surface area contributed by atoms with Gasteiger partial charge in [0.1, 0.15) is 23.3 Å². The van der Waals surface area contributed by atoms with Crippen molar-refractivity contribution in [2.24, 2.45) is 5.73 Å². The van der Waals surface area contributed by atoms with Gasteiger partial charge < -0.3 is 19.6 Å². The van der Waals surface area contributed by atoms with Crippen molar-refractivity contribution in [2.45, 2.75) is 51.2 Å². The van der Waals surface area contributed by atoms with Gasteiger partial charge in [-0.15, -0.1) is 10.2 Å². The average Bonchev–Trinajstić information content (AvgIpc) is 3.25. The summed E-state index contributed by atoms with van der Waals surface area (Å²) < 4.78 is 17.4. The highest BCUT2D eigenvalue weighted by atomic mass is 16.5. The second-order valence-corrected chi connectivity index (χ2v) is 9.23. The zero-order valence-corrected chi connectivity index (χ0v) is 19.6. The minimum absolute atomic E-state index is 0.177. The quantitative estimate of drug-likeness (QED) is 0.396. The van der Waals surface area contributed by atoms with Gasteiger partial charge in [-0.05, 0) is 54.3 Å². The minimum Gasteiger partial charge on any atom is -0.490 e. The van der Waals surface area contributed by atoms with Gasteiger partial charge in [-0.3, -0.25) is 0 Å². The summed E-state index contributed by atoms with van der Waals surface area (Å²) >= 11 is 0. The smallest absolute Gasteiger partial charge is 0.266 e. The normalized spacial score (nSPS) is 17.8. The van der Waals surface area contributed by atoms with E-state index >= 15 is 0 Å². The third-order valence-corrected chi connectivity index (χ3v) is 6.28. The van der Waals surface area contributed by atoms with Gasteiger partial charge in [0.25, 0.3) is 5.89 Å². The molecule has 4 aromatic rings. The Morgan fingerprint density at radius 3 is 2.12 bits per heavy atom. The molecule has 7 nitrogen and oxygen atoms in total. The number of pyridine rings is 1. The highest BCUT2D eigenvalue weighted by Gasteiger charge is 2.28. The maximum absolute atomic E-state index is 5.99. The summed E-state index contributed by atoms with van der Waals surface area (Å²) in [5.41, 5.74) is 8.64. The maximum Gasteiger partial charge on any atom is 0.266 e.